The molecule has 0 fully saturated rings. The van der Waals surface area contributed by atoms with Gasteiger partial charge in [-0.2, -0.15) is 5.10 Å². The summed E-state index contributed by atoms with van der Waals surface area (Å²) >= 11 is 5.96. The maximum atomic E-state index is 11.9. The van der Waals surface area contributed by atoms with E-state index in [-0.39, 0.29) is 5.75 Å². The Kier molecular flexibility index (Phi) is 5.97. The van der Waals surface area contributed by atoms with E-state index < -0.39 is 11.8 Å². The minimum Gasteiger partial charge on any atom is -0.507 e. The van der Waals surface area contributed by atoms with Crippen LogP contribution >= 0.6 is 11.6 Å². The Morgan fingerprint density at radius 3 is 2.72 bits per heavy atom. The van der Waals surface area contributed by atoms with Crippen LogP contribution in [0.5, 0.6) is 11.5 Å². The molecule has 0 aromatic heterocycles. The van der Waals surface area contributed by atoms with E-state index in [1.165, 1.54) is 25.5 Å². The Bertz CT molecular complexity index is 837. The van der Waals surface area contributed by atoms with Crippen molar-refractivity contribution in [1.29, 1.82) is 0 Å². The van der Waals surface area contributed by atoms with Crippen molar-refractivity contribution in [3.05, 3.63) is 52.5 Å². The van der Waals surface area contributed by atoms with Gasteiger partial charge in [-0.25, -0.2) is 5.43 Å². The van der Waals surface area contributed by atoms with Crippen molar-refractivity contribution in [2.24, 2.45) is 5.10 Å². The number of methoxy groups -OCH3 is 1. The third-order valence-corrected chi connectivity index (χ3v) is 3.74. The first-order chi connectivity index (χ1) is 11.9. The number of hydrogen-bond donors (Lipinski definition) is 3. The molecular formula is C17H16ClN3O4. The fourth-order valence-corrected chi connectivity index (χ4v) is 2.07. The number of halogens is 1. The molecular weight excluding hydrogens is 346 g/mol. The molecule has 2 aromatic carbocycles. The summed E-state index contributed by atoms with van der Waals surface area (Å²) in [6.07, 6.45) is 1.20. The number of nitrogens with zero attached hydrogens (tertiary/aromatic N) is 1. The Morgan fingerprint density at radius 1 is 1.24 bits per heavy atom. The summed E-state index contributed by atoms with van der Waals surface area (Å²) in [5.41, 5.74) is 3.49. The van der Waals surface area contributed by atoms with Crippen LogP contribution in [0.25, 0.3) is 0 Å². The minimum atomic E-state index is -0.960. The second-order valence-corrected chi connectivity index (χ2v) is 5.40. The molecule has 0 radical (unpaired) electrons. The average Bonchev–Trinajstić information content (AvgIpc) is 2.60. The van der Waals surface area contributed by atoms with Crippen LogP contribution in [0.2, 0.25) is 5.02 Å². The molecule has 0 aliphatic carbocycles. The maximum absolute atomic E-state index is 11.9. The molecule has 3 N–H and O–H groups in total. The van der Waals surface area contributed by atoms with Crippen molar-refractivity contribution in [2.75, 3.05) is 12.4 Å². The zero-order valence-electron chi connectivity index (χ0n) is 13.5. The van der Waals surface area contributed by atoms with Crippen LogP contribution in [0.3, 0.4) is 0 Å². The van der Waals surface area contributed by atoms with E-state index in [0.717, 1.165) is 0 Å². The first-order valence-electron chi connectivity index (χ1n) is 7.19. The highest BCUT2D eigenvalue weighted by Gasteiger charge is 2.14. The Morgan fingerprint density at radius 2 is 2.00 bits per heavy atom. The quantitative estimate of drug-likeness (QED) is 0.442. The molecule has 8 heteroatoms. The monoisotopic (exact) mass is 361 g/mol. The van der Waals surface area contributed by atoms with Gasteiger partial charge < -0.3 is 15.2 Å². The van der Waals surface area contributed by atoms with E-state index >= 15 is 0 Å². The van der Waals surface area contributed by atoms with E-state index in [1.807, 2.05) is 0 Å². The van der Waals surface area contributed by atoms with Gasteiger partial charge in [0, 0.05) is 16.3 Å². The number of aromatic hydroxyl groups is 1. The topological polar surface area (TPSA) is 100 Å². The van der Waals surface area contributed by atoms with Gasteiger partial charge in [-0.1, -0.05) is 17.7 Å². The molecule has 0 bridgehead atoms. The van der Waals surface area contributed by atoms with Crippen LogP contribution in [0.15, 0.2) is 41.5 Å². The Hall–Kier alpha value is -3.06. The van der Waals surface area contributed by atoms with Crippen LogP contribution in [0.1, 0.15) is 11.1 Å². The predicted octanol–water partition coefficient (Wildman–Crippen LogP) is 2.45. The number of amides is 2. The molecule has 130 valence electrons. The molecule has 0 aliphatic heterocycles. The molecule has 0 saturated carbocycles. The number of rotatable bonds is 4. The molecule has 0 aliphatic rings. The summed E-state index contributed by atoms with van der Waals surface area (Å²) in [5, 5.41) is 16.3. The van der Waals surface area contributed by atoms with Gasteiger partial charge in [-0.05, 0) is 42.8 Å². The van der Waals surface area contributed by atoms with Crippen LogP contribution in [-0.2, 0) is 9.59 Å². The Labute approximate surface area is 149 Å². The zero-order valence-corrected chi connectivity index (χ0v) is 14.3. The number of benzene rings is 2. The number of nitrogens with one attached hydrogen (secondary N) is 2. The highest BCUT2D eigenvalue weighted by molar-refractivity contribution is 6.40. The second-order valence-electron chi connectivity index (χ2n) is 4.99. The molecule has 7 nitrogen and oxygen atoms in total. The summed E-state index contributed by atoms with van der Waals surface area (Å²) in [4.78, 5) is 23.7. The van der Waals surface area contributed by atoms with Crippen molar-refractivity contribution >= 4 is 35.3 Å². The molecule has 0 atom stereocenters. The number of hydrogen-bond acceptors (Lipinski definition) is 5. The van der Waals surface area contributed by atoms with Gasteiger partial charge in [0.15, 0.2) is 0 Å². The van der Waals surface area contributed by atoms with Gasteiger partial charge in [-0.15, -0.1) is 0 Å². The van der Waals surface area contributed by atoms with E-state index in [0.29, 0.717) is 27.6 Å². The van der Waals surface area contributed by atoms with Crippen molar-refractivity contribution in [1.82, 2.24) is 5.43 Å². The summed E-state index contributed by atoms with van der Waals surface area (Å²) in [6, 6.07) is 9.50. The van der Waals surface area contributed by atoms with Crippen molar-refractivity contribution in [3.8, 4) is 11.5 Å². The lowest BCUT2D eigenvalue weighted by molar-refractivity contribution is -0.136. The summed E-state index contributed by atoms with van der Waals surface area (Å²) in [7, 11) is 1.48. The number of ether oxygens (including phenoxy) is 1. The predicted molar refractivity (Wildman–Crippen MR) is 95.2 cm³/mol. The number of anilines is 1. The van der Waals surface area contributed by atoms with Crippen LogP contribution in [0, 0.1) is 6.92 Å². The van der Waals surface area contributed by atoms with Gasteiger partial charge in [0.1, 0.15) is 11.5 Å². The molecule has 0 unspecified atom stereocenters. The van der Waals surface area contributed by atoms with E-state index in [1.54, 1.807) is 31.2 Å². The second kappa shape index (κ2) is 8.16. The summed E-state index contributed by atoms with van der Waals surface area (Å²) in [5.74, 6) is -1.38. The maximum Gasteiger partial charge on any atom is 0.329 e. The average molecular weight is 362 g/mol. The SMILES string of the molecule is COc1ccc(O)c(/C=N/NC(=O)C(=O)Nc2cccc(Cl)c2C)c1. The first-order valence-corrected chi connectivity index (χ1v) is 7.56. The lowest BCUT2D eigenvalue weighted by atomic mass is 10.2. The lowest BCUT2D eigenvalue weighted by Crippen LogP contribution is -2.32. The van der Waals surface area contributed by atoms with E-state index in [9.17, 15) is 14.7 Å². The molecule has 0 spiro atoms. The van der Waals surface area contributed by atoms with Gasteiger partial charge in [-0.3, -0.25) is 9.59 Å². The third-order valence-electron chi connectivity index (χ3n) is 3.33. The Balaban J connectivity index is 2.00. The summed E-state index contributed by atoms with van der Waals surface area (Å²) in [6.45, 7) is 1.72. The van der Waals surface area contributed by atoms with E-state index in [4.69, 9.17) is 16.3 Å². The smallest absolute Gasteiger partial charge is 0.329 e. The highest BCUT2D eigenvalue weighted by Crippen LogP contribution is 2.23. The van der Waals surface area contributed by atoms with Crippen molar-refractivity contribution in [2.45, 2.75) is 6.92 Å². The first kappa shape index (κ1) is 18.3. The fraction of sp³-hybridized carbons (Fsp3) is 0.118. The van der Waals surface area contributed by atoms with Gasteiger partial charge in [0.25, 0.3) is 0 Å². The molecule has 25 heavy (non-hydrogen) atoms. The van der Waals surface area contributed by atoms with Gasteiger partial charge in [0.2, 0.25) is 0 Å². The summed E-state index contributed by atoms with van der Waals surface area (Å²) < 4.78 is 5.03. The largest absolute Gasteiger partial charge is 0.507 e. The number of carbonyl (C=O) groups is 2. The molecule has 0 heterocycles. The number of hydrazone groups is 1. The standard InChI is InChI=1S/C17H16ClN3O4/c1-10-13(18)4-3-5-14(10)20-16(23)17(24)21-19-9-11-8-12(25-2)6-7-15(11)22/h3-9,22H,1-2H3,(H,20,23)(H,21,24)/b19-9+. The number of carbonyl (C=O) groups excluding carboxylic acids is 2. The van der Waals surface area contributed by atoms with Gasteiger partial charge in [0.05, 0.1) is 13.3 Å². The van der Waals surface area contributed by atoms with Crippen LogP contribution < -0.4 is 15.5 Å². The van der Waals surface area contributed by atoms with E-state index in [2.05, 4.69) is 15.8 Å². The third kappa shape index (κ3) is 4.71. The van der Waals surface area contributed by atoms with Gasteiger partial charge >= 0.3 is 11.8 Å². The normalized spacial score (nSPS) is 10.5. The number of phenolic OH excluding ortho intramolecular Hbond substituents is 1. The molecule has 2 amide bonds. The highest BCUT2D eigenvalue weighted by atomic mass is 35.5. The molecule has 2 aromatic rings. The van der Waals surface area contributed by atoms with Crippen molar-refractivity contribution < 1.29 is 19.4 Å². The molecule has 0 saturated heterocycles. The minimum absolute atomic E-state index is 0.0437. The zero-order chi connectivity index (χ0) is 18.4. The van der Waals surface area contributed by atoms with Crippen LogP contribution in [-0.4, -0.2) is 30.2 Å². The van der Waals surface area contributed by atoms with Crippen molar-refractivity contribution in [3.63, 3.8) is 0 Å². The number of phenols is 1. The molecule has 2 rings (SSSR count). The fourth-order valence-electron chi connectivity index (χ4n) is 1.90. The lowest BCUT2D eigenvalue weighted by Gasteiger charge is -2.08. The van der Waals surface area contributed by atoms with Crippen LogP contribution in [0.4, 0.5) is 5.69 Å².